The Morgan fingerprint density at radius 1 is 0.757 bits per heavy atom. The van der Waals surface area contributed by atoms with Crippen LogP contribution in [0.5, 0.6) is 0 Å². The Kier molecular flexibility index (Phi) is 7.45. The molecule has 4 heterocycles. The van der Waals surface area contributed by atoms with Crippen LogP contribution >= 0.6 is 0 Å². The molecule has 0 spiro atoms. The summed E-state index contributed by atoms with van der Waals surface area (Å²) in [5.41, 5.74) is 6.15. The largest absolute Gasteiger partial charge is 0.495 e. The Morgan fingerprint density at radius 3 is 2.03 bits per heavy atom. The molecule has 1 aliphatic heterocycles. The first-order chi connectivity index (χ1) is 17.7. The number of nitrogens with zero attached hydrogens (tertiary/aromatic N) is 3. The van der Waals surface area contributed by atoms with Crippen molar-refractivity contribution in [1.29, 1.82) is 0 Å². The third-order valence-corrected chi connectivity index (χ3v) is 7.21. The van der Waals surface area contributed by atoms with Crippen molar-refractivity contribution in [2.75, 3.05) is 0 Å². The van der Waals surface area contributed by atoms with Crippen molar-refractivity contribution >= 4 is 40.2 Å². The van der Waals surface area contributed by atoms with Gasteiger partial charge in [0.05, 0.1) is 16.9 Å². The second-order valence-electron chi connectivity index (χ2n) is 9.88. The summed E-state index contributed by atoms with van der Waals surface area (Å²) in [4.78, 5) is 9.97. The van der Waals surface area contributed by atoms with E-state index in [0.29, 0.717) is 0 Å². The molecule has 0 N–H and O–H groups in total. The Morgan fingerprint density at radius 2 is 1.38 bits per heavy atom. The fraction of sp³-hybridized carbons (Fsp3) is 0.355. The van der Waals surface area contributed by atoms with E-state index in [1.165, 1.54) is 0 Å². The topological polar surface area (TPSA) is 48.7 Å². The van der Waals surface area contributed by atoms with Crippen LogP contribution in [0.15, 0.2) is 66.9 Å². The molecule has 6 heteroatoms. The van der Waals surface area contributed by atoms with Gasteiger partial charge in [-0.1, -0.05) is 81.8 Å². The summed E-state index contributed by atoms with van der Waals surface area (Å²) < 4.78 is 14.6. The maximum atomic E-state index is 6.29. The van der Waals surface area contributed by atoms with Gasteiger partial charge >= 0.3 is 7.12 Å². The lowest BCUT2D eigenvalue weighted by molar-refractivity contribution is 0.00578. The Hall–Kier alpha value is -3.22. The summed E-state index contributed by atoms with van der Waals surface area (Å²) in [6.45, 7) is 18.4. The lowest BCUT2D eigenvalue weighted by Gasteiger charge is -2.32. The number of aromatic nitrogens is 3. The summed E-state index contributed by atoms with van der Waals surface area (Å²) in [6.07, 6.45) is 2.02. The highest BCUT2D eigenvalue weighted by molar-refractivity contribution is 6.62. The summed E-state index contributed by atoms with van der Waals surface area (Å²) in [5, 5.41) is 2.20. The molecule has 0 unspecified atom stereocenters. The van der Waals surface area contributed by atoms with Gasteiger partial charge in [-0.3, -0.25) is 4.40 Å². The van der Waals surface area contributed by atoms with Crippen LogP contribution in [0.4, 0.5) is 0 Å². The van der Waals surface area contributed by atoms with E-state index in [1.807, 2.05) is 52.1 Å². The van der Waals surface area contributed by atoms with E-state index in [1.54, 1.807) is 0 Å². The number of imidazole rings is 1. The fourth-order valence-electron chi connectivity index (χ4n) is 4.61. The van der Waals surface area contributed by atoms with Crippen molar-refractivity contribution in [3.63, 3.8) is 0 Å². The Bertz CT molecular complexity index is 1540. The average Bonchev–Trinajstić information content (AvgIpc) is 3.38. The van der Waals surface area contributed by atoms with Crippen molar-refractivity contribution in [1.82, 2.24) is 14.4 Å². The highest BCUT2D eigenvalue weighted by atomic mass is 16.7. The number of hydrogen-bond donors (Lipinski definition) is 0. The van der Waals surface area contributed by atoms with Crippen molar-refractivity contribution < 1.29 is 9.31 Å². The molecular weight excluding hydrogens is 457 g/mol. The standard InChI is InChI=1S/C27H26BN3O2.2C2H6/c1-17-16-18(13-14-21(17)28-32-26(2,3)27(4,5)33-28)23-19-10-6-7-11-20(19)24-25(30-23)31-15-9-8-12-22(31)29-24;2*1-2/h6-16H,1-5H3;2*1-2H3. The summed E-state index contributed by atoms with van der Waals surface area (Å²) in [7, 11) is -0.380. The van der Waals surface area contributed by atoms with Crippen LogP contribution in [0.25, 0.3) is 38.8 Å². The van der Waals surface area contributed by atoms with Gasteiger partial charge in [0.25, 0.3) is 0 Å². The quantitative estimate of drug-likeness (QED) is 0.240. The van der Waals surface area contributed by atoms with Gasteiger partial charge in [-0.25, -0.2) is 9.97 Å². The normalized spacial score (nSPS) is 15.9. The molecule has 1 fully saturated rings. The van der Waals surface area contributed by atoms with Crippen LogP contribution in [-0.4, -0.2) is 32.7 Å². The Balaban J connectivity index is 0.000000765. The Labute approximate surface area is 221 Å². The molecule has 0 aliphatic carbocycles. The molecule has 0 saturated carbocycles. The fourth-order valence-corrected chi connectivity index (χ4v) is 4.61. The average molecular weight is 495 g/mol. The molecule has 0 radical (unpaired) electrons. The van der Waals surface area contributed by atoms with E-state index in [0.717, 1.165) is 49.9 Å². The van der Waals surface area contributed by atoms with Gasteiger partial charge in [0.2, 0.25) is 0 Å². The monoisotopic (exact) mass is 495 g/mol. The van der Waals surface area contributed by atoms with Crippen LogP contribution in [0.1, 0.15) is 61.0 Å². The van der Waals surface area contributed by atoms with Gasteiger partial charge in [-0.2, -0.15) is 0 Å². The summed E-state index contributed by atoms with van der Waals surface area (Å²) in [5.74, 6) is 0. The predicted octanol–water partition coefficient (Wildman–Crippen LogP) is 7.36. The summed E-state index contributed by atoms with van der Waals surface area (Å²) >= 11 is 0. The number of rotatable bonds is 2. The van der Waals surface area contributed by atoms with Crippen LogP contribution in [-0.2, 0) is 9.31 Å². The van der Waals surface area contributed by atoms with E-state index in [-0.39, 0.29) is 18.3 Å². The van der Waals surface area contributed by atoms with Crippen LogP contribution in [0.3, 0.4) is 0 Å². The van der Waals surface area contributed by atoms with Crippen molar-refractivity contribution in [3.8, 4) is 11.3 Å². The number of pyridine rings is 2. The molecule has 0 bridgehead atoms. The van der Waals surface area contributed by atoms with Crippen LogP contribution in [0.2, 0.25) is 0 Å². The second kappa shape index (κ2) is 10.3. The van der Waals surface area contributed by atoms with Crippen molar-refractivity contribution in [2.24, 2.45) is 0 Å². The lowest BCUT2D eigenvalue weighted by Crippen LogP contribution is -2.41. The van der Waals surface area contributed by atoms with Crippen LogP contribution < -0.4 is 5.46 Å². The van der Waals surface area contributed by atoms with Gasteiger partial charge < -0.3 is 9.31 Å². The smallest absolute Gasteiger partial charge is 0.399 e. The molecule has 0 amide bonds. The highest BCUT2D eigenvalue weighted by Gasteiger charge is 2.52. The van der Waals surface area contributed by atoms with Crippen molar-refractivity contribution in [3.05, 3.63) is 72.4 Å². The lowest BCUT2D eigenvalue weighted by atomic mass is 9.75. The molecule has 1 saturated heterocycles. The van der Waals surface area contributed by atoms with Gasteiger partial charge in [0, 0.05) is 22.5 Å². The molecule has 192 valence electrons. The minimum Gasteiger partial charge on any atom is -0.399 e. The molecule has 6 rings (SSSR count). The van der Waals surface area contributed by atoms with Gasteiger partial charge in [-0.15, -0.1) is 0 Å². The molecule has 5 nitrogen and oxygen atoms in total. The van der Waals surface area contributed by atoms with E-state index < -0.39 is 0 Å². The SMILES string of the molecule is CC.CC.Cc1cc(-c2nc3c(nc4ccccn43)c3ccccc23)ccc1B1OC(C)(C)C(C)(C)O1. The second-order valence-corrected chi connectivity index (χ2v) is 9.88. The number of aryl methyl sites for hydroxylation is 1. The predicted molar refractivity (Wildman–Crippen MR) is 157 cm³/mol. The van der Waals surface area contributed by atoms with E-state index in [2.05, 4.69) is 81.5 Å². The molecule has 0 atom stereocenters. The van der Waals surface area contributed by atoms with Crippen molar-refractivity contribution in [2.45, 2.75) is 73.5 Å². The third-order valence-electron chi connectivity index (χ3n) is 7.21. The maximum absolute atomic E-state index is 6.29. The minimum absolute atomic E-state index is 0.366. The molecule has 3 aromatic heterocycles. The number of fused-ring (bicyclic) bond motifs is 5. The zero-order valence-corrected chi connectivity index (χ0v) is 23.6. The van der Waals surface area contributed by atoms with Gasteiger partial charge in [0.15, 0.2) is 5.65 Å². The molecular formula is C31H38BN3O2. The number of hydrogen-bond acceptors (Lipinski definition) is 4. The first kappa shape index (κ1) is 26.8. The zero-order valence-electron chi connectivity index (χ0n) is 23.6. The maximum Gasteiger partial charge on any atom is 0.495 e. The molecule has 1 aliphatic rings. The molecule has 2 aromatic carbocycles. The van der Waals surface area contributed by atoms with Gasteiger partial charge in [-0.05, 0) is 52.2 Å². The first-order valence-corrected chi connectivity index (χ1v) is 13.4. The van der Waals surface area contributed by atoms with E-state index in [9.17, 15) is 0 Å². The highest BCUT2D eigenvalue weighted by Crippen LogP contribution is 2.37. The summed E-state index contributed by atoms with van der Waals surface area (Å²) in [6, 6.07) is 20.8. The number of benzene rings is 2. The van der Waals surface area contributed by atoms with Crippen LogP contribution in [0, 0.1) is 6.92 Å². The zero-order chi connectivity index (χ0) is 27.0. The third kappa shape index (κ3) is 4.53. The molecule has 5 aromatic rings. The van der Waals surface area contributed by atoms with E-state index in [4.69, 9.17) is 19.3 Å². The minimum atomic E-state index is -0.380. The molecule has 37 heavy (non-hydrogen) atoms. The van der Waals surface area contributed by atoms with E-state index >= 15 is 0 Å². The van der Waals surface area contributed by atoms with Gasteiger partial charge in [0.1, 0.15) is 11.2 Å². The first-order valence-electron chi connectivity index (χ1n) is 13.4.